The third-order valence-electron chi connectivity index (χ3n) is 23.3. The van der Waals surface area contributed by atoms with Gasteiger partial charge in [-0.15, -0.1) is 0 Å². The highest BCUT2D eigenvalue weighted by molar-refractivity contribution is 9.10. The summed E-state index contributed by atoms with van der Waals surface area (Å²) in [5.41, 5.74) is 32.3. The molecule has 528 valence electrons. The number of benzene rings is 16. The molecule has 1 N–H and O–H groups in total. The molecular weight excluding hydrogens is 1440 g/mol. The number of fused-ring (bicyclic) bond motifs is 28. The van der Waals surface area contributed by atoms with Gasteiger partial charge < -0.3 is 9.55 Å². The van der Waals surface area contributed by atoms with Gasteiger partial charge in [0.2, 0.25) is 0 Å². The molecule has 0 bridgehead atoms. The molecule has 4 aromatic heterocycles. The van der Waals surface area contributed by atoms with Gasteiger partial charge in [0, 0.05) is 81.7 Å². The molecule has 113 heavy (non-hydrogen) atoms. The molecule has 0 amide bonds. The lowest BCUT2D eigenvalue weighted by atomic mass is 9.70. The summed E-state index contributed by atoms with van der Waals surface area (Å²) in [5, 5.41) is 5.04. The predicted octanol–water partition coefficient (Wildman–Crippen LogP) is 25.6. The number of aromatic nitrogens is 8. The molecule has 9 heteroatoms. The number of hydrogen-bond donors (Lipinski definition) is 1. The summed E-state index contributed by atoms with van der Waals surface area (Å²) < 4.78 is 3.46. The van der Waals surface area contributed by atoms with Crippen LogP contribution in [0, 0.1) is 0 Å². The van der Waals surface area contributed by atoms with Crippen molar-refractivity contribution in [3.8, 4) is 119 Å². The monoisotopic (exact) mass is 1500 g/mol. The summed E-state index contributed by atoms with van der Waals surface area (Å²) >= 11 is 3.52. The van der Waals surface area contributed by atoms with E-state index in [0.29, 0.717) is 34.9 Å². The largest absolute Gasteiger partial charge is 0.354 e. The van der Waals surface area contributed by atoms with Crippen molar-refractivity contribution in [3.05, 3.63) is 437 Å². The van der Waals surface area contributed by atoms with Crippen LogP contribution in [0.1, 0.15) is 44.5 Å². The second-order valence-corrected chi connectivity index (χ2v) is 30.1. The number of para-hydroxylation sites is 2. The fourth-order valence-electron chi connectivity index (χ4n) is 18.7. The highest BCUT2D eigenvalue weighted by Crippen LogP contribution is 2.66. The molecule has 0 radical (unpaired) electrons. The quantitative estimate of drug-likeness (QED) is 0.171. The van der Waals surface area contributed by atoms with Gasteiger partial charge in [-0.25, -0.2) is 29.9 Å². The van der Waals surface area contributed by atoms with Gasteiger partial charge in [0.25, 0.3) is 0 Å². The van der Waals surface area contributed by atoms with Crippen molar-refractivity contribution in [1.82, 2.24) is 39.5 Å². The van der Waals surface area contributed by atoms with E-state index in [1.807, 2.05) is 121 Å². The summed E-state index contributed by atoms with van der Waals surface area (Å²) in [6.07, 6.45) is 0. The maximum atomic E-state index is 5.09. The number of hydrogen-bond acceptors (Lipinski definition) is 6. The first-order valence-electron chi connectivity index (χ1n) is 38.3. The maximum absolute atomic E-state index is 5.09. The number of nitrogens with one attached hydrogen (secondary N) is 1. The molecule has 24 rings (SSSR count). The molecule has 4 aliphatic carbocycles. The van der Waals surface area contributed by atoms with Crippen molar-refractivity contribution in [2.45, 2.75) is 10.8 Å². The lowest BCUT2D eigenvalue weighted by Crippen LogP contribution is -2.25. The molecule has 0 saturated carbocycles. The van der Waals surface area contributed by atoms with Gasteiger partial charge in [0.1, 0.15) is 0 Å². The van der Waals surface area contributed by atoms with E-state index in [9.17, 15) is 0 Å². The van der Waals surface area contributed by atoms with Gasteiger partial charge in [-0.3, -0.25) is 0 Å². The van der Waals surface area contributed by atoms with Crippen LogP contribution in [0.15, 0.2) is 393 Å². The number of nitrogens with zero attached hydrogens (tertiary/aromatic N) is 7. The smallest absolute Gasteiger partial charge is 0.164 e. The Kier molecular flexibility index (Phi) is 15.4. The number of rotatable bonds is 7. The third-order valence-corrected chi connectivity index (χ3v) is 23.8. The van der Waals surface area contributed by atoms with Crippen LogP contribution in [0.3, 0.4) is 0 Å². The summed E-state index contributed by atoms with van der Waals surface area (Å²) in [5.74, 6) is 3.93. The molecule has 0 aliphatic heterocycles. The average molecular weight is 1510 g/mol. The summed E-state index contributed by atoms with van der Waals surface area (Å²) in [6, 6.07) is 138. The minimum Gasteiger partial charge on any atom is -0.354 e. The fraction of sp³-hybridized carbons (Fsp3) is 0.0192. The topological polar surface area (TPSA) is 98.1 Å². The van der Waals surface area contributed by atoms with E-state index < -0.39 is 5.41 Å². The Morgan fingerprint density at radius 3 is 1.04 bits per heavy atom. The zero-order valence-corrected chi connectivity index (χ0v) is 62.5. The summed E-state index contributed by atoms with van der Waals surface area (Å²) in [6.45, 7) is 0. The van der Waals surface area contributed by atoms with E-state index in [1.54, 1.807) is 0 Å². The van der Waals surface area contributed by atoms with Crippen LogP contribution < -0.4 is 0 Å². The Hall–Kier alpha value is -14.4. The van der Waals surface area contributed by atoms with Crippen molar-refractivity contribution >= 4 is 59.5 Å². The normalized spacial score (nSPS) is 13.0. The van der Waals surface area contributed by atoms with Gasteiger partial charge in [-0.1, -0.05) is 368 Å². The van der Waals surface area contributed by atoms with E-state index in [-0.39, 0.29) is 5.41 Å². The highest BCUT2D eigenvalue weighted by Gasteiger charge is 2.54. The van der Waals surface area contributed by atoms with Crippen LogP contribution in [0.4, 0.5) is 0 Å². The summed E-state index contributed by atoms with van der Waals surface area (Å²) in [4.78, 5) is 33.0. The van der Waals surface area contributed by atoms with Crippen molar-refractivity contribution < 1.29 is 0 Å². The van der Waals surface area contributed by atoms with Crippen LogP contribution in [-0.4, -0.2) is 39.5 Å². The number of halogens is 1. The Morgan fingerprint density at radius 1 is 0.239 bits per heavy atom. The van der Waals surface area contributed by atoms with Crippen molar-refractivity contribution in [2.75, 3.05) is 0 Å². The Labute approximate surface area is 661 Å². The Morgan fingerprint density at radius 2 is 0.575 bits per heavy atom. The van der Waals surface area contributed by atoms with Crippen LogP contribution in [0.5, 0.6) is 0 Å². The number of aromatic amines is 1. The van der Waals surface area contributed by atoms with E-state index in [1.165, 1.54) is 127 Å². The fourth-order valence-corrected chi connectivity index (χ4v) is 19.1. The second kappa shape index (κ2) is 26.4. The zero-order valence-electron chi connectivity index (χ0n) is 61.0. The Bertz CT molecular complexity index is 7010. The predicted molar refractivity (Wildman–Crippen MR) is 463 cm³/mol. The Balaban J connectivity index is 0.000000115. The van der Waals surface area contributed by atoms with Crippen molar-refractivity contribution in [1.29, 1.82) is 0 Å². The van der Waals surface area contributed by atoms with Gasteiger partial charge in [0.05, 0.1) is 27.4 Å². The molecule has 4 heterocycles. The molecule has 4 aliphatic rings. The van der Waals surface area contributed by atoms with Crippen LogP contribution in [-0.2, 0) is 10.8 Å². The molecule has 0 fully saturated rings. The molecule has 20 aromatic rings. The van der Waals surface area contributed by atoms with E-state index in [0.717, 1.165) is 49.1 Å². The molecule has 0 saturated heterocycles. The van der Waals surface area contributed by atoms with Crippen molar-refractivity contribution in [2.24, 2.45) is 0 Å². The van der Waals surface area contributed by atoms with Gasteiger partial charge in [-0.05, 0) is 114 Å². The first kappa shape index (κ1) is 65.7. The third kappa shape index (κ3) is 10.2. The van der Waals surface area contributed by atoms with Gasteiger partial charge >= 0.3 is 0 Å². The van der Waals surface area contributed by atoms with Crippen LogP contribution >= 0.6 is 15.9 Å². The van der Waals surface area contributed by atoms with Gasteiger partial charge in [-0.2, -0.15) is 0 Å². The first-order valence-corrected chi connectivity index (χ1v) is 39.1. The molecule has 2 spiro atoms. The SMILES string of the molecule is Brc1cccc(-c2nc(-c3ccccc3)nc(-c3ccccc3)n2)c1.c1ccc(-c2nc(-c3ccccc3)nc(-c3cccc(-n4c5ccccc5c5ccc6c(c54)-c4ccccc4C64c5ccccc5-c5ccccc54)c3)n2)cc1.c1ccc2c(c1)-c1ccccc1C21c2ccccc2-c2c1ccc1c2[nH]c2ccccc21. The van der Waals surface area contributed by atoms with Gasteiger partial charge in [0.15, 0.2) is 34.9 Å². The zero-order chi connectivity index (χ0) is 74.7. The minimum absolute atomic E-state index is 0.273. The van der Waals surface area contributed by atoms with Crippen LogP contribution in [0.2, 0.25) is 0 Å². The standard InChI is InChI=1S/C52H32N4.C31H19N.C21H14BrN3/c1-3-16-33(17-4-1)49-53-50(34-18-5-2-6-19-34)55-51(54-49)35-20-15-21-36(32-35)56-46-29-14-10-24-39(46)40-30-31-45-47(48(40)56)41-25-9-13-28-44(41)52(45)42-26-11-7-22-37(42)38-23-8-12-27-43(38)52;1-5-13-24-19(9-1)20-10-2-6-14-25(20)31(24)26-15-7-3-12-23(26)29-27(31)18-17-22-21-11-4-8-16-28(21)32-30(22)29;22-18-13-7-12-17(14-18)21-24-19(15-8-3-1-4-9-15)23-20(25-21)16-10-5-2-6-11-16/h1-32H;1-18,32H;1-14H. The van der Waals surface area contributed by atoms with E-state index >= 15 is 0 Å². The van der Waals surface area contributed by atoms with Crippen molar-refractivity contribution in [3.63, 3.8) is 0 Å². The van der Waals surface area contributed by atoms with Crippen LogP contribution in [0.25, 0.3) is 162 Å². The molecule has 0 unspecified atom stereocenters. The highest BCUT2D eigenvalue weighted by atomic mass is 79.9. The minimum atomic E-state index is -0.428. The lowest BCUT2D eigenvalue weighted by Gasteiger charge is -2.30. The molecular formula is C104H65BrN8. The molecule has 0 atom stereocenters. The lowest BCUT2D eigenvalue weighted by molar-refractivity contribution is 0.794. The van der Waals surface area contributed by atoms with E-state index in [4.69, 9.17) is 24.9 Å². The van der Waals surface area contributed by atoms with E-state index in [2.05, 4.69) is 297 Å². The molecule has 16 aromatic carbocycles. The maximum Gasteiger partial charge on any atom is 0.164 e. The average Bonchev–Trinajstić information content (AvgIpc) is 1.50. The summed E-state index contributed by atoms with van der Waals surface area (Å²) in [7, 11) is 0. The number of H-pyrrole nitrogens is 1. The first-order chi connectivity index (χ1) is 56.0. The second-order valence-electron chi connectivity index (χ2n) is 29.2. The molecule has 8 nitrogen and oxygen atoms in total.